The highest BCUT2D eigenvalue weighted by Crippen LogP contribution is 2.10. The zero-order valence-corrected chi connectivity index (χ0v) is 9.31. The molecule has 5 heteroatoms. The average Bonchev–Trinajstić information content (AvgIpc) is 2.25. The molecule has 1 aromatic heterocycles. The van der Waals surface area contributed by atoms with Crippen molar-refractivity contribution in [2.45, 2.75) is 19.5 Å². The maximum Gasteiger partial charge on any atom is 0.237 e. The summed E-state index contributed by atoms with van der Waals surface area (Å²) < 4.78 is 0. The van der Waals surface area contributed by atoms with Crippen LogP contribution < -0.4 is 11.1 Å². The fraction of sp³-hybridized carbons (Fsp3) is 0.455. The van der Waals surface area contributed by atoms with Crippen LogP contribution in [-0.4, -0.2) is 34.9 Å². The first-order chi connectivity index (χ1) is 7.66. The Hall–Kier alpha value is -1.62. The van der Waals surface area contributed by atoms with E-state index in [1.807, 2.05) is 13.0 Å². The fourth-order valence-corrected chi connectivity index (χ4v) is 1.84. The van der Waals surface area contributed by atoms with Crippen molar-refractivity contribution in [2.75, 3.05) is 18.8 Å². The third-order valence-corrected chi connectivity index (χ3v) is 2.83. The van der Waals surface area contributed by atoms with Crippen molar-refractivity contribution in [3.05, 3.63) is 24.0 Å². The number of amides is 1. The molecule has 1 fully saturated rings. The molecule has 1 atom stereocenters. The van der Waals surface area contributed by atoms with Gasteiger partial charge in [0.25, 0.3) is 0 Å². The topological polar surface area (TPSA) is 71.2 Å². The van der Waals surface area contributed by atoms with Crippen LogP contribution >= 0.6 is 0 Å². The normalized spacial score (nSPS) is 21.8. The molecule has 2 rings (SSSR count). The van der Waals surface area contributed by atoms with Gasteiger partial charge in [-0.3, -0.25) is 14.7 Å². The number of hydrogen-bond acceptors (Lipinski definition) is 4. The van der Waals surface area contributed by atoms with Crippen LogP contribution in [0.2, 0.25) is 0 Å². The molecule has 0 aromatic carbocycles. The number of nitrogen functional groups attached to an aromatic ring is 1. The highest BCUT2D eigenvalue weighted by molar-refractivity contribution is 5.81. The summed E-state index contributed by atoms with van der Waals surface area (Å²) in [4.78, 5) is 17.8. The van der Waals surface area contributed by atoms with Gasteiger partial charge in [-0.15, -0.1) is 0 Å². The van der Waals surface area contributed by atoms with E-state index in [1.54, 1.807) is 12.3 Å². The Morgan fingerprint density at radius 2 is 2.50 bits per heavy atom. The number of anilines is 1. The minimum Gasteiger partial charge on any atom is -0.399 e. The van der Waals surface area contributed by atoms with Crippen LogP contribution in [-0.2, 0) is 11.3 Å². The lowest BCUT2D eigenvalue weighted by atomic mass is 10.2. The molecule has 0 spiro atoms. The van der Waals surface area contributed by atoms with Crippen molar-refractivity contribution < 1.29 is 4.79 Å². The van der Waals surface area contributed by atoms with Gasteiger partial charge in [-0.1, -0.05) is 0 Å². The van der Waals surface area contributed by atoms with Gasteiger partial charge in [0, 0.05) is 31.5 Å². The molecular formula is C11H16N4O. The van der Waals surface area contributed by atoms with Crippen molar-refractivity contribution >= 4 is 11.6 Å². The van der Waals surface area contributed by atoms with Crippen molar-refractivity contribution in [1.29, 1.82) is 0 Å². The fourth-order valence-electron chi connectivity index (χ4n) is 1.84. The van der Waals surface area contributed by atoms with Gasteiger partial charge < -0.3 is 11.1 Å². The lowest BCUT2D eigenvalue weighted by Gasteiger charge is -2.32. The predicted octanol–water partition coefficient (Wildman–Crippen LogP) is -0.0159. The van der Waals surface area contributed by atoms with Crippen LogP contribution in [0.1, 0.15) is 12.6 Å². The Labute approximate surface area is 94.6 Å². The smallest absolute Gasteiger partial charge is 0.237 e. The van der Waals surface area contributed by atoms with Crippen LogP contribution in [0.3, 0.4) is 0 Å². The molecule has 16 heavy (non-hydrogen) atoms. The van der Waals surface area contributed by atoms with E-state index >= 15 is 0 Å². The van der Waals surface area contributed by atoms with E-state index in [0.29, 0.717) is 18.8 Å². The Morgan fingerprint density at radius 1 is 1.69 bits per heavy atom. The second-order valence-corrected chi connectivity index (χ2v) is 4.02. The largest absolute Gasteiger partial charge is 0.399 e. The summed E-state index contributed by atoms with van der Waals surface area (Å²) in [6.07, 6.45) is 1.69. The Morgan fingerprint density at radius 3 is 3.25 bits per heavy atom. The third kappa shape index (κ3) is 2.30. The lowest BCUT2D eigenvalue weighted by Crippen LogP contribution is -2.53. The summed E-state index contributed by atoms with van der Waals surface area (Å²) in [6.45, 7) is 4.12. The molecule has 1 saturated heterocycles. The van der Waals surface area contributed by atoms with E-state index in [0.717, 1.165) is 12.2 Å². The monoisotopic (exact) mass is 220 g/mol. The van der Waals surface area contributed by atoms with Gasteiger partial charge in [0.05, 0.1) is 11.7 Å². The maximum atomic E-state index is 11.5. The molecule has 0 bridgehead atoms. The highest BCUT2D eigenvalue weighted by atomic mass is 16.2. The van der Waals surface area contributed by atoms with E-state index < -0.39 is 0 Å². The number of carbonyl (C=O) groups is 1. The number of hydrogen-bond donors (Lipinski definition) is 2. The van der Waals surface area contributed by atoms with Crippen LogP contribution in [0, 0.1) is 0 Å². The summed E-state index contributed by atoms with van der Waals surface area (Å²) in [5, 5.41) is 2.83. The average molecular weight is 220 g/mol. The van der Waals surface area contributed by atoms with Crippen LogP contribution in [0.4, 0.5) is 5.69 Å². The number of carbonyl (C=O) groups excluding carboxylic acids is 1. The number of nitrogens with one attached hydrogen (secondary N) is 1. The standard InChI is InChI=1S/C11H16N4O/c1-8-11(16)14-4-5-15(8)7-10-6-9(12)2-3-13-10/h2-3,6,8H,4-5,7H2,1H3,(H2,12,13)(H,14,16). The lowest BCUT2D eigenvalue weighted by molar-refractivity contribution is -0.128. The molecule has 1 aliphatic heterocycles. The number of piperazine rings is 1. The van der Waals surface area contributed by atoms with E-state index in [-0.39, 0.29) is 11.9 Å². The second-order valence-electron chi connectivity index (χ2n) is 4.02. The quantitative estimate of drug-likeness (QED) is 0.735. The van der Waals surface area contributed by atoms with Crippen molar-refractivity contribution in [3.63, 3.8) is 0 Å². The van der Waals surface area contributed by atoms with Crippen molar-refractivity contribution in [2.24, 2.45) is 0 Å². The third-order valence-electron chi connectivity index (χ3n) is 2.83. The minimum atomic E-state index is -0.100. The zero-order chi connectivity index (χ0) is 11.5. The van der Waals surface area contributed by atoms with E-state index in [2.05, 4.69) is 15.2 Å². The van der Waals surface area contributed by atoms with Gasteiger partial charge in [0.1, 0.15) is 0 Å². The second kappa shape index (κ2) is 4.49. The molecule has 2 heterocycles. The van der Waals surface area contributed by atoms with Gasteiger partial charge in [-0.05, 0) is 19.1 Å². The van der Waals surface area contributed by atoms with E-state index in [1.165, 1.54) is 0 Å². The SMILES string of the molecule is CC1C(=O)NCCN1Cc1cc(N)ccn1. The summed E-state index contributed by atoms with van der Waals surface area (Å²) in [5.41, 5.74) is 7.30. The van der Waals surface area contributed by atoms with E-state index in [9.17, 15) is 4.79 Å². The van der Waals surface area contributed by atoms with E-state index in [4.69, 9.17) is 5.73 Å². The first kappa shape index (κ1) is 10.9. The molecular weight excluding hydrogens is 204 g/mol. The van der Waals surface area contributed by atoms with Gasteiger partial charge >= 0.3 is 0 Å². The molecule has 1 aliphatic rings. The van der Waals surface area contributed by atoms with Crippen LogP contribution in [0.15, 0.2) is 18.3 Å². The first-order valence-corrected chi connectivity index (χ1v) is 5.39. The number of nitrogens with zero attached hydrogens (tertiary/aromatic N) is 2. The van der Waals surface area contributed by atoms with Gasteiger partial charge in [0.2, 0.25) is 5.91 Å². The van der Waals surface area contributed by atoms with Crippen molar-refractivity contribution in [1.82, 2.24) is 15.2 Å². The molecule has 1 amide bonds. The molecule has 5 nitrogen and oxygen atoms in total. The Balaban J connectivity index is 2.06. The van der Waals surface area contributed by atoms with Gasteiger partial charge in [0.15, 0.2) is 0 Å². The van der Waals surface area contributed by atoms with Gasteiger partial charge in [-0.25, -0.2) is 0 Å². The Kier molecular flexibility index (Phi) is 3.05. The maximum absolute atomic E-state index is 11.5. The molecule has 1 unspecified atom stereocenters. The summed E-state index contributed by atoms with van der Waals surface area (Å²) >= 11 is 0. The zero-order valence-electron chi connectivity index (χ0n) is 9.31. The molecule has 1 aromatic rings. The number of nitrogens with two attached hydrogens (primary N) is 1. The predicted molar refractivity (Wildman–Crippen MR) is 61.5 cm³/mol. The summed E-state index contributed by atoms with van der Waals surface area (Å²) in [7, 11) is 0. The van der Waals surface area contributed by atoms with Crippen LogP contribution in [0.25, 0.3) is 0 Å². The summed E-state index contributed by atoms with van der Waals surface area (Å²) in [6, 6.07) is 3.51. The number of aromatic nitrogens is 1. The molecule has 3 N–H and O–H groups in total. The molecule has 86 valence electrons. The number of pyridine rings is 1. The minimum absolute atomic E-state index is 0.0788. The van der Waals surface area contributed by atoms with Gasteiger partial charge in [-0.2, -0.15) is 0 Å². The van der Waals surface area contributed by atoms with Crippen molar-refractivity contribution in [3.8, 4) is 0 Å². The Bertz CT molecular complexity index is 393. The first-order valence-electron chi connectivity index (χ1n) is 5.39. The molecule has 0 aliphatic carbocycles. The highest BCUT2D eigenvalue weighted by Gasteiger charge is 2.25. The molecule has 0 saturated carbocycles. The van der Waals surface area contributed by atoms with Crippen LogP contribution in [0.5, 0.6) is 0 Å². The summed E-state index contributed by atoms with van der Waals surface area (Å²) in [5.74, 6) is 0.0788. The number of rotatable bonds is 2. The molecule has 0 radical (unpaired) electrons.